The summed E-state index contributed by atoms with van der Waals surface area (Å²) < 4.78 is 21.5. The number of rotatable bonds is 9. The van der Waals surface area contributed by atoms with Gasteiger partial charge in [-0.25, -0.2) is 0 Å². The molecule has 8 nitrogen and oxygen atoms in total. The van der Waals surface area contributed by atoms with Crippen LogP contribution in [0.15, 0.2) is 36.5 Å². The molecule has 1 aromatic heterocycles. The molecule has 1 amide bonds. The van der Waals surface area contributed by atoms with Gasteiger partial charge >= 0.3 is 0 Å². The number of aromatic amines is 1. The van der Waals surface area contributed by atoms with Crippen LogP contribution in [-0.2, 0) is 4.79 Å². The molecule has 0 radical (unpaired) electrons. The quantitative estimate of drug-likeness (QED) is 0.485. The van der Waals surface area contributed by atoms with Crippen molar-refractivity contribution >= 4 is 22.5 Å². The standard InChI is InChI=1S/C26H33N3O5/c1-31-19-5-6-22-20(15-19)21(16-27-22)17-7-10-29(11-8-17)12-9-25(30)28-18-13-23(32-2)26(34-4)24(14-18)33-3/h5-6,13-17,27H,7-12H2,1-4H3,(H,28,30). The molecule has 1 saturated heterocycles. The van der Waals surface area contributed by atoms with Crippen LogP contribution in [0.1, 0.15) is 30.7 Å². The lowest BCUT2D eigenvalue weighted by molar-refractivity contribution is -0.116. The monoisotopic (exact) mass is 467 g/mol. The highest BCUT2D eigenvalue weighted by Gasteiger charge is 2.23. The fourth-order valence-electron chi connectivity index (χ4n) is 4.69. The van der Waals surface area contributed by atoms with Gasteiger partial charge in [-0.1, -0.05) is 0 Å². The van der Waals surface area contributed by atoms with Crippen LogP contribution in [-0.4, -0.2) is 63.9 Å². The van der Waals surface area contributed by atoms with Crippen LogP contribution in [0, 0.1) is 0 Å². The highest BCUT2D eigenvalue weighted by Crippen LogP contribution is 2.40. The Balaban J connectivity index is 1.30. The van der Waals surface area contributed by atoms with Crippen molar-refractivity contribution in [3.63, 3.8) is 0 Å². The van der Waals surface area contributed by atoms with Gasteiger partial charge in [-0.05, 0) is 55.6 Å². The summed E-state index contributed by atoms with van der Waals surface area (Å²) in [5.41, 5.74) is 3.11. The predicted octanol–water partition coefficient (Wildman–Crippen LogP) is 4.41. The fraction of sp³-hybridized carbons (Fsp3) is 0.423. The third kappa shape index (κ3) is 5.07. The zero-order valence-electron chi connectivity index (χ0n) is 20.3. The van der Waals surface area contributed by atoms with Gasteiger partial charge in [0.05, 0.1) is 28.4 Å². The summed E-state index contributed by atoms with van der Waals surface area (Å²) in [5, 5.41) is 4.19. The molecule has 3 aromatic rings. The van der Waals surface area contributed by atoms with Crippen molar-refractivity contribution in [3.8, 4) is 23.0 Å². The molecule has 0 spiro atoms. The Morgan fingerprint density at radius 2 is 1.71 bits per heavy atom. The molecule has 8 heteroatoms. The second kappa shape index (κ2) is 10.7. The van der Waals surface area contributed by atoms with Crippen molar-refractivity contribution in [2.45, 2.75) is 25.2 Å². The lowest BCUT2D eigenvalue weighted by atomic mass is 9.89. The normalized spacial score (nSPS) is 14.7. The molecule has 4 rings (SSSR count). The topological polar surface area (TPSA) is 85.1 Å². The van der Waals surface area contributed by atoms with E-state index in [2.05, 4.69) is 33.5 Å². The Morgan fingerprint density at radius 3 is 2.32 bits per heavy atom. The maximum absolute atomic E-state index is 12.6. The molecule has 34 heavy (non-hydrogen) atoms. The van der Waals surface area contributed by atoms with Crippen molar-refractivity contribution in [1.29, 1.82) is 0 Å². The fourth-order valence-corrected chi connectivity index (χ4v) is 4.69. The number of amides is 1. The number of anilines is 1. The van der Waals surface area contributed by atoms with Gasteiger partial charge in [-0.2, -0.15) is 0 Å². The lowest BCUT2D eigenvalue weighted by Gasteiger charge is -2.31. The number of fused-ring (bicyclic) bond motifs is 1. The van der Waals surface area contributed by atoms with E-state index >= 15 is 0 Å². The third-order valence-corrected chi connectivity index (χ3v) is 6.55. The van der Waals surface area contributed by atoms with E-state index in [0.717, 1.165) is 43.7 Å². The first kappa shape index (κ1) is 23.8. The van der Waals surface area contributed by atoms with Gasteiger partial charge in [-0.3, -0.25) is 4.79 Å². The van der Waals surface area contributed by atoms with Crippen LogP contribution in [0.2, 0.25) is 0 Å². The smallest absolute Gasteiger partial charge is 0.225 e. The lowest BCUT2D eigenvalue weighted by Crippen LogP contribution is -2.35. The Morgan fingerprint density at radius 1 is 1.00 bits per heavy atom. The number of nitrogens with zero attached hydrogens (tertiary/aromatic N) is 1. The molecule has 0 atom stereocenters. The van der Waals surface area contributed by atoms with E-state index in [9.17, 15) is 4.79 Å². The van der Waals surface area contributed by atoms with Crippen molar-refractivity contribution < 1.29 is 23.7 Å². The molecule has 2 heterocycles. The molecule has 182 valence electrons. The third-order valence-electron chi connectivity index (χ3n) is 6.55. The average Bonchev–Trinajstić information content (AvgIpc) is 3.30. The molecule has 2 aromatic carbocycles. The van der Waals surface area contributed by atoms with E-state index < -0.39 is 0 Å². The SMILES string of the molecule is COc1ccc2[nH]cc(C3CCN(CCC(=O)Nc4cc(OC)c(OC)c(OC)c4)CC3)c2c1. The molecule has 1 aliphatic heterocycles. The van der Waals surface area contributed by atoms with E-state index in [0.29, 0.717) is 35.3 Å². The highest BCUT2D eigenvalue weighted by atomic mass is 16.5. The minimum absolute atomic E-state index is 0.0416. The van der Waals surface area contributed by atoms with E-state index in [4.69, 9.17) is 18.9 Å². The Labute approximate surface area is 200 Å². The van der Waals surface area contributed by atoms with Crippen molar-refractivity contribution in [1.82, 2.24) is 9.88 Å². The second-order valence-corrected chi connectivity index (χ2v) is 8.48. The van der Waals surface area contributed by atoms with Crippen LogP contribution in [0.5, 0.6) is 23.0 Å². The van der Waals surface area contributed by atoms with Crippen molar-refractivity contribution in [2.24, 2.45) is 0 Å². The first-order valence-corrected chi connectivity index (χ1v) is 11.5. The largest absolute Gasteiger partial charge is 0.497 e. The summed E-state index contributed by atoms with van der Waals surface area (Å²) in [6.07, 6.45) is 4.69. The number of likely N-dealkylation sites (tertiary alicyclic amines) is 1. The number of aromatic nitrogens is 1. The minimum Gasteiger partial charge on any atom is -0.497 e. The maximum Gasteiger partial charge on any atom is 0.225 e. The zero-order valence-corrected chi connectivity index (χ0v) is 20.3. The van der Waals surface area contributed by atoms with Gasteiger partial charge in [0.1, 0.15) is 5.75 Å². The summed E-state index contributed by atoms with van der Waals surface area (Å²) in [5.74, 6) is 2.86. The van der Waals surface area contributed by atoms with Crippen molar-refractivity contribution in [2.75, 3.05) is 53.4 Å². The van der Waals surface area contributed by atoms with Crippen LogP contribution >= 0.6 is 0 Å². The van der Waals surface area contributed by atoms with Crippen molar-refractivity contribution in [3.05, 3.63) is 42.1 Å². The van der Waals surface area contributed by atoms with Crippen LogP contribution in [0.3, 0.4) is 0 Å². The molecule has 1 aliphatic rings. The van der Waals surface area contributed by atoms with Gasteiger partial charge in [0.15, 0.2) is 11.5 Å². The van der Waals surface area contributed by atoms with Crippen LogP contribution in [0.4, 0.5) is 5.69 Å². The van der Waals surface area contributed by atoms with E-state index in [1.807, 2.05) is 6.07 Å². The number of benzene rings is 2. The number of carbonyl (C=O) groups excluding carboxylic acids is 1. The van der Waals surface area contributed by atoms with Gasteiger partial charge in [0.25, 0.3) is 0 Å². The molecule has 0 aliphatic carbocycles. The molecule has 1 fully saturated rings. The Bertz CT molecular complexity index is 1110. The van der Waals surface area contributed by atoms with Gasteiger partial charge in [0, 0.05) is 47.9 Å². The molecular formula is C26H33N3O5. The highest BCUT2D eigenvalue weighted by molar-refractivity contribution is 5.91. The van der Waals surface area contributed by atoms with Gasteiger partial charge < -0.3 is 34.1 Å². The van der Waals surface area contributed by atoms with E-state index in [-0.39, 0.29) is 5.91 Å². The summed E-state index contributed by atoms with van der Waals surface area (Å²) in [4.78, 5) is 18.3. The summed E-state index contributed by atoms with van der Waals surface area (Å²) >= 11 is 0. The molecule has 2 N–H and O–H groups in total. The first-order chi connectivity index (χ1) is 16.6. The average molecular weight is 468 g/mol. The summed E-state index contributed by atoms with van der Waals surface area (Å²) in [6.45, 7) is 2.67. The molecule has 0 unspecified atom stereocenters. The number of hydrogen-bond acceptors (Lipinski definition) is 6. The molecule has 0 bridgehead atoms. The number of nitrogens with one attached hydrogen (secondary N) is 2. The van der Waals surface area contributed by atoms with E-state index in [1.165, 1.54) is 10.9 Å². The number of ether oxygens (including phenoxy) is 4. The summed E-state index contributed by atoms with van der Waals surface area (Å²) in [7, 11) is 6.36. The number of piperidine rings is 1. The van der Waals surface area contributed by atoms with Gasteiger partial charge in [-0.15, -0.1) is 0 Å². The number of hydrogen-bond donors (Lipinski definition) is 2. The number of H-pyrrole nitrogens is 1. The zero-order chi connectivity index (χ0) is 24.1. The van der Waals surface area contributed by atoms with E-state index in [1.54, 1.807) is 40.6 Å². The Kier molecular flexibility index (Phi) is 7.47. The molecular weight excluding hydrogens is 434 g/mol. The second-order valence-electron chi connectivity index (χ2n) is 8.48. The number of methoxy groups -OCH3 is 4. The first-order valence-electron chi connectivity index (χ1n) is 11.5. The summed E-state index contributed by atoms with van der Waals surface area (Å²) in [6, 6.07) is 9.64. The predicted molar refractivity (Wildman–Crippen MR) is 133 cm³/mol. The minimum atomic E-state index is -0.0416. The Hall–Kier alpha value is -3.39. The number of carbonyl (C=O) groups is 1. The molecule has 0 saturated carbocycles. The van der Waals surface area contributed by atoms with Gasteiger partial charge in [0.2, 0.25) is 11.7 Å². The van der Waals surface area contributed by atoms with Crippen LogP contribution < -0.4 is 24.3 Å². The maximum atomic E-state index is 12.6. The van der Waals surface area contributed by atoms with Crippen LogP contribution in [0.25, 0.3) is 10.9 Å².